The van der Waals surface area contributed by atoms with Gasteiger partial charge >= 0.3 is 0 Å². The first kappa shape index (κ1) is 12.8. The zero-order valence-corrected chi connectivity index (χ0v) is 12.7. The normalized spacial score (nSPS) is 17.7. The maximum atomic E-state index is 4.45. The Kier molecular flexibility index (Phi) is 3.11. The van der Waals surface area contributed by atoms with Crippen molar-refractivity contribution in [1.82, 2.24) is 9.97 Å². The second-order valence-corrected chi connectivity index (χ2v) is 6.56. The minimum absolute atomic E-state index is 0.393. The Hall–Kier alpha value is -1.94. The van der Waals surface area contributed by atoms with Crippen LogP contribution in [0.15, 0.2) is 47.4 Å². The van der Waals surface area contributed by atoms with Gasteiger partial charge in [-0.1, -0.05) is 18.2 Å². The highest BCUT2D eigenvalue weighted by Gasteiger charge is 2.20. The fourth-order valence-corrected chi connectivity index (χ4v) is 4.05. The lowest BCUT2D eigenvalue weighted by molar-refractivity contribution is 0.729. The number of anilines is 1. The van der Waals surface area contributed by atoms with Crippen molar-refractivity contribution in [3.63, 3.8) is 0 Å². The molecule has 1 atom stereocenters. The molecule has 1 unspecified atom stereocenters. The molecule has 4 heteroatoms. The Morgan fingerprint density at radius 3 is 3.10 bits per heavy atom. The molecule has 4 rings (SSSR count). The number of H-pyrrole nitrogens is 1. The summed E-state index contributed by atoms with van der Waals surface area (Å²) < 4.78 is 0. The largest absolute Gasteiger partial charge is 0.378 e. The van der Waals surface area contributed by atoms with Crippen LogP contribution in [0.5, 0.6) is 0 Å². The number of nitrogens with zero attached hydrogens (tertiary/aromatic N) is 1. The van der Waals surface area contributed by atoms with Crippen LogP contribution in [0.2, 0.25) is 0 Å². The van der Waals surface area contributed by atoms with E-state index < -0.39 is 0 Å². The van der Waals surface area contributed by atoms with Crippen LogP contribution < -0.4 is 5.32 Å². The van der Waals surface area contributed by atoms with Crippen molar-refractivity contribution in [2.24, 2.45) is 0 Å². The third-order valence-electron chi connectivity index (χ3n) is 3.90. The second-order valence-electron chi connectivity index (χ2n) is 5.43. The molecule has 2 aromatic carbocycles. The fourth-order valence-electron chi connectivity index (χ4n) is 2.92. The molecule has 21 heavy (non-hydrogen) atoms. The number of nitrogens with one attached hydrogen (secondary N) is 2. The summed E-state index contributed by atoms with van der Waals surface area (Å²) in [4.78, 5) is 9.15. The Morgan fingerprint density at radius 1 is 1.24 bits per heavy atom. The van der Waals surface area contributed by atoms with Crippen molar-refractivity contribution in [2.45, 2.75) is 24.3 Å². The number of benzene rings is 2. The van der Waals surface area contributed by atoms with Crippen LogP contribution in [0.3, 0.4) is 0 Å². The predicted molar refractivity (Wildman–Crippen MR) is 89.0 cm³/mol. The van der Waals surface area contributed by atoms with Gasteiger partial charge in [0.2, 0.25) is 0 Å². The molecule has 106 valence electrons. The minimum atomic E-state index is 0.393. The fraction of sp³-hybridized carbons (Fsp3) is 0.235. The summed E-state index contributed by atoms with van der Waals surface area (Å²) in [6, 6.07) is 15.4. The van der Waals surface area contributed by atoms with E-state index in [1.165, 1.54) is 16.2 Å². The number of aromatic nitrogens is 2. The van der Waals surface area contributed by atoms with E-state index in [-0.39, 0.29) is 0 Å². The van der Waals surface area contributed by atoms with Crippen LogP contribution in [0.4, 0.5) is 5.69 Å². The van der Waals surface area contributed by atoms with Gasteiger partial charge in [-0.05, 0) is 43.2 Å². The van der Waals surface area contributed by atoms with E-state index in [4.69, 9.17) is 0 Å². The number of hydrogen-bond donors (Lipinski definition) is 2. The van der Waals surface area contributed by atoms with Crippen molar-refractivity contribution in [2.75, 3.05) is 11.1 Å². The van der Waals surface area contributed by atoms with Gasteiger partial charge in [0, 0.05) is 16.3 Å². The van der Waals surface area contributed by atoms with Gasteiger partial charge in [0.25, 0.3) is 0 Å². The van der Waals surface area contributed by atoms with Gasteiger partial charge < -0.3 is 10.3 Å². The summed E-state index contributed by atoms with van der Waals surface area (Å²) in [5.41, 5.74) is 4.68. The first-order valence-corrected chi connectivity index (χ1v) is 8.23. The molecule has 2 heterocycles. The highest BCUT2D eigenvalue weighted by Crippen LogP contribution is 2.37. The molecule has 0 fully saturated rings. The third-order valence-corrected chi connectivity index (χ3v) is 5.02. The van der Waals surface area contributed by atoms with Gasteiger partial charge in [0.05, 0.1) is 17.1 Å². The zero-order chi connectivity index (χ0) is 14.2. The molecule has 2 N–H and O–H groups in total. The standard InChI is InChI=1S/C17H17N3S/c1-11-18-15-7-6-12(10-16(15)19-11)20-14-8-9-21-17-5-3-2-4-13(14)17/h2-7,10,14,20H,8-9H2,1H3,(H,18,19). The van der Waals surface area contributed by atoms with Crippen LogP contribution in [0.25, 0.3) is 11.0 Å². The monoisotopic (exact) mass is 295 g/mol. The van der Waals surface area contributed by atoms with Crippen molar-refractivity contribution in [3.8, 4) is 0 Å². The van der Waals surface area contributed by atoms with Crippen LogP contribution >= 0.6 is 11.8 Å². The van der Waals surface area contributed by atoms with E-state index in [1.807, 2.05) is 18.7 Å². The molecule has 1 aromatic heterocycles. The average Bonchev–Trinajstić information content (AvgIpc) is 2.87. The highest BCUT2D eigenvalue weighted by molar-refractivity contribution is 7.99. The van der Waals surface area contributed by atoms with Crippen molar-refractivity contribution in [1.29, 1.82) is 0 Å². The first-order chi connectivity index (χ1) is 10.3. The lowest BCUT2D eigenvalue weighted by atomic mass is 10.0. The Bertz CT molecular complexity index is 794. The van der Waals surface area contributed by atoms with Crippen molar-refractivity contribution >= 4 is 28.5 Å². The van der Waals surface area contributed by atoms with Gasteiger partial charge in [0.1, 0.15) is 5.82 Å². The molecule has 0 aliphatic carbocycles. The molecule has 0 saturated carbocycles. The van der Waals surface area contributed by atoms with Crippen molar-refractivity contribution < 1.29 is 0 Å². The van der Waals surface area contributed by atoms with E-state index in [0.29, 0.717) is 6.04 Å². The number of aromatic amines is 1. The van der Waals surface area contributed by atoms with Gasteiger partial charge in [-0.15, -0.1) is 11.8 Å². The molecular weight excluding hydrogens is 278 g/mol. The average molecular weight is 295 g/mol. The quantitative estimate of drug-likeness (QED) is 0.730. The molecule has 0 bridgehead atoms. The number of hydrogen-bond acceptors (Lipinski definition) is 3. The van der Waals surface area contributed by atoms with E-state index >= 15 is 0 Å². The van der Waals surface area contributed by atoms with Crippen LogP contribution in [-0.4, -0.2) is 15.7 Å². The smallest absolute Gasteiger partial charge is 0.104 e. The van der Waals surface area contributed by atoms with Gasteiger partial charge in [-0.2, -0.15) is 0 Å². The number of aryl methyl sites for hydroxylation is 1. The molecule has 0 spiro atoms. The van der Waals surface area contributed by atoms with Crippen LogP contribution in [0.1, 0.15) is 23.9 Å². The van der Waals surface area contributed by atoms with Gasteiger partial charge in [0.15, 0.2) is 0 Å². The molecular formula is C17H17N3S. The Morgan fingerprint density at radius 2 is 2.14 bits per heavy atom. The second kappa shape index (κ2) is 5.11. The van der Waals surface area contributed by atoms with Crippen molar-refractivity contribution in [3.05, 3.63) is 53.9 Å². The highest BCUT2D eigenvalue weighted by atomic mass is 32.2. The lowest BCUT2D eigenvalue weighted by Crippen LogP contribution is -2.15. The molecule has 0 radical (unpaired) electrons. The third kappa shape index (κ3) is 2.40. The zero-order valence-electron chi connectivity index (χ0n) is 11.9. The van der Waals surface area contributed by atoms with E-state index in [1.54, 1.807) is 0 Å². The number of rotatable bonds is 2. The number of imidazole rings is 1. The summed E-state index contributed by atoms with van der Waals surface area (Å²) in [7, 11) is 0. The molecule has 0 saturated heterocycles. The van der Waals surface area contributed by atoms with E-state index in [9.17, 15) is 0 Å². The van der Waals surface area contributed by atoms with Gasteiger partial charge in [-0.25, -0.2) is 4.98 Å². The Balaban J connectivity index is 1.65. The summed E-state index contributed by atoms with van der Waals surface area (Å²) in [5.74, 6) is 2.13. The molecule has 1 aliphatic heterocycles. The van der Waals surface area contributed by atoms with E-state index in [2.05, 4.69) is 57.7 Å². The van der Waals surface area contributed by atoms with Crippen LogP contribution in [-0.2, 0) is 0 Å². The summed E-state index contributed by atoms with van der Waals surface area (Å²) in [6.07, 6.45) is 1.15. The predicted octanol–water partition coefficient (Wildman–Crippen LogP) is 4.52. The Labute approximate surface area is 128 Å². The number of thioether (sulfide) groups is 1. The topological polar surface area (TPSA) is 40.7 Å². The summed E-state index contributed by atoms with van der Waals surface area (Å²) >= 11 is 1.95. The molecule has 1 aliphatic rings. The SMILES string of the molecule is Cc1nc2ccc(NC3CCSc4ccccc43)cc2[nH]1. The maximum absolute atomic E-state index is 4.45. The van der Waals surface area contributed by atoms with E-state index in [0.717, 1.165) is 29.0 Å². The minimum Gasteiger partial charge on any atom is -0.378 e. The lowest BCUT2D eigenvalue weighted by Gasteiger charge is -2.26. The summed E-state index contributed by atoms with van der Waals surface area (Å²) in [6.45, 7) is 1.99. The molecule has 3 aromatic rings. The molecule has 3 nitrogen and oxygen atoms in total. The first-order valence-electron chi connectivity index (χ1n) is 7.24. The van der Waals surface area contributed by atoms with Crippen LogP contribution in [0, 0.1) is 6.92 Å². The maximum Gasteiger partial charge on any atom is 0.104 e. The number of fused-ring (bicyclic) bond motifs is 2. The molecule has 0 amide bonds. The van der Waals surface area contributed by atoms with Gasteiger partial charge in [-0.3, -0.25) is 0 Å². The summed E-state index contributed by atoms with van der Waals surface area (Å²) in [5, 5.41) is 3.68.